The van der Waals surface area contributed by atoms with Gasteiger partial charge in [0, 0.05) is 12.1 Å². The SMILES string of the molecule is NCCC(CCc1ccc(F)cc1)NC1CCC(c2ccc3[nH]c(=O)oc3c2)CC1. The Morgan fingerprint density at radius 3 is 2.60 bits per heavy atom. The van der Waals surface area contributed by atoms with Crippen LogP contribution in [0.25, 0.3) is 11.1 Å². The number of oxazole rings is 1. The minimum absolute atomic E-state index is 0.190. The van der Waals surface area contributed by atoms with Crippen molar-refractivity contribution in [3.05, 3.63) is 70.0 Å². The third kappa shape index (κ3) is 5.18. The van der Waals surface area contributed by atoms with Gasteiger partial charge in [0.1, 0.15) is 5.82 Å². The molecule has 1 heterocycles. The maximum absolute atomic E-state index is 13.1. The molecule has 1 unspecified atom stereocenters. The van der Waals surface area contributed by atoms with E-state index in [0.717, 1.165) is 56.0 Å². The summed E-state index contributed by atoms with van der Waals surface area (Å²) in [5.41, 5.74) is 9.65. The Balaban J connectivity index is 1.30. The normalized spacial score (nSPS) is 20.5. The van der Waals surface area contributed by atoms with Gasteiger partial charge in [-0.15, -0.1) is 0 Å². The molecular weight excluding hydrogens is 381 g/mol. The largest absolute Gasteiger partial charge is 0.417 e. The maximum Gasteiger partial charge on any atom is 0.417 e. The Morgan fingerprint density at radius 1 is 1.10 bits per heavy atom. The predicted octanol–water partition coefficient (Wildman–Crippen LogP) is 4.23. The van der Waals surface area contributed by atoms with Crippen molar-refractivity contribution in [2.24, 2.45) is 5.73 Å². The van der Waals surface area contributed by atoms with Crippen molar-refractivity contribution in [1.82, 2.24) is 10.3 Å². The Bertz CT molecular complexity index is 1000. The fraction of sp³-hybridized carbons (Fsp3) is 0.458. The third-order valence-corrected chi connectivity index (χ3v) is 6.32. The average molecular weight is 412 g/mol. The van der Waals surface area contributed by atoms with Crippen LogP contribution in [0.1, 0.15) is 55.6 Å². The number of halogens is 1. The van der Waals surface area contributed by atoms with Crippen LogP contribution >= 0.6 is 0 Å². The number of nitrogens with two attached hydrogens (primary N) is 1. The number of aryl methyl sites for hydroxylation is 1. The molecule has 4 rings (SSSR count). The number of fused-ring (bicyclic) bond motifs is 1. The predicted molar refractivity (Wildman–Crippen MR) is 117 cm³/mol. The summed E-state index contributed by atoms with van der Waals surface area (Å²) in [6, 6.07) is 13.7. The lowest BCUT2D eigenvalue weighted by molar-refractivity contribution is 0.301. The van der Waals surface area contributed by atoms with Crippen LogP contribution in [-0.2, 0) is 6.42 Å². The quantitative estimate of drug-likeness (QED) is 0.518. The zero-order valence-electron chi connectivity index (χ0n) is 17.2. The van der Waals surface area contributed by atoms with Gasteiger partial charge in [-0.25, -0.2) is 9.18 Å². The summed E-state index contributed by atoms with van der Waals surface area (Å²) < 4.78 is 18.3. The first kappa shape index (κ1) is 20.8. The van der Waals surface area contributed by atoms with Crippen LogP contribution in [0.5, 0.6) is 0 Å². The van der Waals surface area contributed by atoms with Gasteiger partial charge in [-0.1, -0.05) is 18.2 Å². The monoisotopic (exact) mass is 411 g/mol. The Kier molecular flexibility index (Phi) is 6.65. The highest BCUT2D eigenvalue weighted by atomic mass is 19.1. The second-order valence-corrected chi connectivity index (χ2v) is 8.42. The van der Waals surface area contributed by atoms with E-state index in [9.17, 15) is 9.18 Å². The number of rotatable bonds is 8. The molecule has 1 fully saturated rings. The van der Waals surface area contributed by atoms with E-state index in [1.807, 2.05) is 24.3 Å². The lowest BCUT2D eigenvalue weighted by Gasteiger charge is -2.32. The van der Waals surface area contributed by atoms with Crippen molar-refractivity contribution in [2.75, 3.05) is 6.54 Å². The van der Waals surface area contributed by atoms with Gasteiger partial charge < -0.3 is 15.5 Å². The van der Waals surface area contributed by atoms with E-state index < -0.39 is 5.76 Å². The Morgan fingerprint density at radius 2 is 1.87 bits per heavy atom. The zero-order valence-corrected chi connectivity index (χ0v) is 17.2. The van der Waals surface area contributed by atoms with Crippen molar-refractivity contribution in [1.29, 1.82) is 0 Å². The zero-order chi connectivity index (χ0) is 20.9. The number of H-pyrrole nitrogens is 1. The van der Waals surface area contributed by atoms with E-state index in [-0.39, 0.29) is 5.82 Å². The summed E-state index contributed by atoms with van der Waals surface area (Å²) in [5, 5.41) is 3.82. The van der Waals surface area contributed by atoms with Crippen LogP contribution in [0, 0.1) is 5.82 Å². The molecule has 0 aliphatic heterocycles. The molecule has 1 aliphatic rings. The van der Waals surface area contributed by atoms with E-state index in [2.05, 4.69) is 16.4 Å². The molecule has 5 nitrogen and oxygen atoms in total. The summed E-state index contributed by atoms with van der Waals surface area (Å²) >= 11 is 0. The molecule has 2 aromatic carbocycles. The van der Waals surface area contributed by atoms with Crippen LogP contribution < -0.4 is 16.8 Å². The van der Waals surface area contributed by atoms with E-state index in [1.54, 1.807) is 0 Å². The first-order valence-corrected chi connectivity index (χ1v) is 10.9. The van der Waals surface area contributed by atoms with E-state index in [4.69, 9.17) is 10.2 Å². The Labute approximate surface area is 175 Å². The second-order valence-electron chi connectivity index (χ2n) is 8.42. The molecular formula is C24H30FN3O2. The molecule has 6 heteroatoms. The number of benzene rings is 2. The van der Waals surface area contributed by atoms with Crippen LogP contribution in [-0.4, -0.2) is 23.6 Å². The van der Waals surface area contributed by atoms with E-state index >= 15 is 0 Å². The Hall–Kier alpha value is -2.44. The average Bonchev–Trinajstić information content (AvgIpc) is 3.13. The summed E-state index contributed by atoms with van der Waals surface area (Å²) in [6.45, 7) is 0.665. The topological polar surface area (TPSA) is 84.0 Å². The molecule has 0 bridgehead atoms. The summed E-state index contributed by atoms with van der Waals surface area (Å²) in [4.78, 5) is 14.1. The van der Waals surface area contributed by atoms with Crippen molar-refractivity contribution in [3.8, 4) is 0 Å². The van der Waals surface area contributed by atoms with Crippen LogP contribution in [0.3, 0.4) is 0 Å². The number of hydrogen-bond acceptors (Lipinski definition) is 4. The molecule has 1 saturated carbocycles. The van der Waals surface area contributed by atoms with Gasteiger partial charge in [0.15, 0.2) is 5.58 Å². The van der Waals surface area contributed by atoms with Crippen molar-refractivity contribution in [3.63, 3.8) is 0 Å². The molecule has 0 spiro atoms. The fourth-order valence-electron chi connectivity index (χ4n) is 4.65. The molecule has 1 aromatic heterocycles. The van der Waals surface area contributed by atoms with Gasteiger partial charge in [-0.2, -0.15) is 0 Å². The number of nitrogens with one attached hydrogen (secondary N) is 2. The highest BCUT2D eigenvalue weighted by Gasteiger charge is 2.24. The smallest absolute Gasteiger partial charge is 0.408 e. The van der Waals surface area contributed by atoms with Gasteiger partial charge >= 0.3 is 5.76 Å². The fourth-order valence-corrected chi connectivity index (χ4v) is 4.65. The second kappa shape index (κ2) is 9.58. The summed E-state index contributed by atoms with van der Waals surface area (Å²) in [7, 11) is 0. The first-order chi connectivity index (χ1) is 14.6. The molecule has 30 heavy (non-hydrogen) atoms. The minimum atomic E-state index is -0.401. The van der Waals surface area contributed by atoms with Gasteiger partial charge in [0.25, 0.3) is 0 Å². The molecule has 4 N–H and O–H groups in total. The van der Waals surface area contributed by atoms with Crippen molar-refractivity contribution < 1.29 is 8.81 Å². The van der Waals surface area contributed by atoms with Crippen LogP contribution in [0.2, 0.25) is 0 Å². The van der Waals surface area contributed by atoms with Gasteiger partial charge in [0.05, 0.1) is 5.52 Å². The maximum atomic E-state index is 13.1. The summed E-state index contributed by atoms with van der Waals surface area (Å²) in [6.07, 6.45) is 7.36. The highest BCUT2D eigenvalue weighted by molar-refractivity contribution is 5.72. The molecule has 160 valence electrons. The van der Waals surface area contributed by atoms with Crippen molar-refractivity contribution in [2.45, 2.75) is 62.9 Å². The molecule has 3 aromatic rings. The number of aromatic amines is 1. The molecule has 1 atom stereocenters. The van der Waals surface area contributed by atoms with Crippen LogP contribution in [0.4, 0.5) is 4.39 Å². The molecule has 0 amide bonds. The third-order valence-electron chi connectivity index (χ3n) is 6.32. The van der Waals surface area contributed by atoms with Gasteiger partial charge in [-0.05, 0) is 92.8 Å². The number of hydrogen-bond donors (Lipinski definition) is 3. The minimum Gasteiger partial charge on any atom is -0.408 e. The van der Waals surface area contributed by atoms with Crippen molar-refractivity contribution >= 4 is 11.1 Å². The van der Waals surface area contributed by atoms with Gasteiger partial charge in [-0.3, -0.25) is 4.98 Å². The highest BCUT2D eigenvalue weighted by Crippen LogP contribution is 2.34. The van der Waals surface area contributed by atoms with Gasteiger partial charge in [0.2, 0.25) is 0 Å². The summed E-state index contributed by atoms with van der Waals surface area (Å²) in [5.74, 6) is -0.0913. The first-order valence-electron chi connectivity index (χ1n) is 10.9. The molecule has 0 saturated heterocycles. The lowest BCUT2D eigenvalue weighted by atomic mass is 9.81. The number of aromatic nitrogens is 1. The standard InChI is InChI=1S/C24H30FN3O2/c25-19-7-1-16(2-8-19)3-9-21(13-14-26)27-20-10-4-17(5-11-20)18-6-12-22-23(15-18)30-24(29)28-22/h1-2,6-8,12,15,17,20-21,27H,3-5,9-11,13-14,26H2,(H,28,29). The molecule has 1 aliphatic carbocycles. The molecule has 0 radical (unpaired) electrons. The van der Waals surface area contributed by atoms with E-state index in [1.165, 1.54) is 17.7 Å². The lowest BCUT2D eigenvalue weighted by Crippen LogP contribution is -2.41. The van der Waals surface area contributed by atoms with E-state index in [0.29, 0.717) is 30.1 Å². The van der Waals surface area contributed by atoms with Crippen LogP contribution in [0.15, 0.2) is 51.7 Å².